The molecule has 13 heteroatoms. The predicted octanol–water partition coefficient (Wildman–Crippen LogP) is -2.52. The highest BCUT2D eigenvalue weighted by Gasteiger charge is 2.47. The first-order valence-corrected chi connectivity index (χ1v) is 7.54. The minimum atomic E-state index is -4.91. The summed E-state index contributed by atoms with van der Waals surface area (Å²) in [7, 11) is -4.91. The van der Waals surface area contributed by atoms with Crippen LogP contribution in [0.3, 0.4) is 0 Å². The van der Waals surface area contributed by atoms with Gasteiger partial charge in [-0.25, -0.2) is 9.55 Å². The van der Waals surface area contributed by atoms with Crippen LogP contribution < -0.4 is 11.1 Å². The van der Waals surface area contributed by atoms with Gasteiger partial charge in [-0.3, -0.25) is 9.32 Å². The number of hydrogen-bond acceptors (Lipinski definition) is 8. The Balaban J connectivity index is 2.14. The van der Waals surface area contributed by atoms with E-state index in [0.717, 1.165) is 0 Å². The minimum Gasteiger partial charge on any atom is -0.394 e. The largest absolute Gasteiger partial charge is 0.470 e. The predicted molar refractivity (Wildman–Crippen MR) is 69.4 cm³/mol. The molecule has 1 aromatic heterocycles. The maximum Gasteiger partial charge on any atom is 0.470 e. The Morgan fingerprint density at radius 1 is 1.59 bits per heavy atom. The van der Waals surface area contributed by atoms with Crippen molar-refractivity contribution in [1.29, 1.82) is 0 Å². The van der Waals surface area contributed by atoms with Crippen molar-refractivity contribution in [3.8, 4) is 0 Å². The number of aromatic nitrogens is 2. The Morgan fingerprint density at radius 2 is 2.27 bits per heavy atom. The average molecular weight is 338 g/mol. The summed E-state index contributed by atoms with van der Waals surface area (Å²) in [6.07, 6.45) is -4.01. The molecule has 2 rings (SSSR count). The number of hydrogen-bond donors (Lipinski definition) is 7. The van der Waals surface area contributed by atoms with Crippen molar-refractivity contribution in [2.45, 2.75) is 24.5 Å². The van der Waals surface area contributed by atoms with Crippen LogP contribution in [-0.2, 0) is 13.8 Å². The van der Waals surface area contributed by atoms with Crippen LogP contribution in [0.15, 0.2) is 6.20 Å². The molecular formula is C9H15N4O8P. The summed E-state index contributed by atoms with van der Waals surface area (Å²) < 4.78 is 20.6. The van der Waals surface area contributed by atoms with E-state index in [1.165, 1.54) is 6.20 Å². The van der Waals surface area contributed by atoms with Crippen LogP contribution in [-0.4, -0.2) is 67.0 Å². The molecule has 0 radical (unpaired) electrons. The number of anilines is 1. The molecule has 1 aliphatic heterocycles. The van der Waals surface area contributed by atoms with E-state index >= 15 is 0 Å². The van der Waals surface area contributed by atoms with Crippen molar-refractivity contribution in [2.24, 2.45) is 5.73 Å². The van der Waals surface area contributed by atoms with Gasteiger partial charge in [-0.05, 0) is 0 Å². The minimum absolute atomic E-state index is 0.0731. The van der Waals surface area contributed by atoms with Crippen LogP contribution in [0, 0.1) is 0 Å². The number of ether oxygens (including phenoxy) is 1. The van der Waals surface area contributed by atoms with E-state index in [1.54, 1.807) is 0 Å². The number of aromatic amines is 1. The molecule has 4 atom stereocenters. The lowest BCUT2D eigenvalue weighted by molar-refractivity contribution is -0.0153. The Bertz CT molecular complexity index is 588. The fourth-order valence-corrected chi connectivity index (χ4v) is 2.50. The van der Waals surface area contributed by atoms with E-state index < -0.39 is 44.9 Å². The number of imidazole rings is 1. The van der Waals surface area contributed by atoms with Gasteiger partial charge in [-0.1, -0.05) is 0 Å². The van der Waals surface area contributed by atoms with E-state index in [2.05, 4.69) is 19.8 Å². The molecule has 12 nitrogen and oxygen atoms in total. The smallest absolute Gasteiger partial charge is 0.394 e. The van der Waals surface area contributed by atoms with Gasteiger partial charge in [-0.2, -0.15) is 0 Å². The summed E-state index contributed by atoms with van der Waals surface area (Å²) in [5, 5.41) is 21.5. The first-order valence-electron chi connectivity index (χ1n) is 6.01. The molecule has 0 aromatic carbocycles. The number of nitrogens with two attached hydrogens (primary N) is 1. The molecule has 1 aliphatic rings. The van der Waals surface area contributed by atoms with E-state index in [9.17, 15) is 14.5 Å². The van der Waals surface area contributed by atoms with Crippen LogP contribution in [0.1, 0.15) is 10.6 Å². The molecule has 22 heavy (non-hydrogen) atoms. The summed E-state index contributed by atoms with van der Waals surface area (Å²) in [5.74, 6) is -0.882. The highest BCUT2D eigenvalue weighted by molar-refractivity contribution is 7.46. The number of carbonyl (C=O) groups is 1. The summed E-state index contributed by atoms with van der Waals surface area (Å²) >= 11 is 0. The first-order chi connectivity index (χ1) is 10.2. The monoisotopic (exact) mass is 338 g/mol. The zero-order valence-electron chi connectivity index (χ0n) is 11.0. The van der Waals surface area contributed by atoms with Crippen molar-refractivity contribution >= 4 is 19.5 Å². The normalized spacial score (nSPS) is 28.7. The Labute approximate surface area is 123 Å². The van der Waals surface area contributed by atoms with Crippen molar-refractivity contribution < 1.29 is 38.6 Å². The highest BCUT2D eigenvalue weighted by Crippen LogP contribution is 2.41. The topological polar surface area (TPSA) is 200 Å². The van der Waals surface area contributed by atoms with Gasteiger partial charge in [-0.15, -0.1) is 0 Å². The van der Waals surface area contributed by atoms with Gasteiger partial charge in [0, 0.05) is 6.20 Å². The fourth-order valence-electron chi connectivity index (χ4n) is 1.95. The van der Waals surface area contributed by atoms with Crippen LogP contribution in [0.5, 0.6) is 0 Å². The molecule has 0 spiro atoms. The van der Waals surface area contributed by atoms with Crippen molar-refractivity contribution in [3.05, 3.63) is 12.0 Å². The number of primary amides is 1. The number of phosphoric ester groups is 1. The lowest BCUT2D eigenvalue weighted by atomic mass is 10.1. The number of H-pyrrole nitrogens is 1. The third kappa shape index (κ3) is 3.81. The molecule has 1 aromatic rings. The second-order valence-corrected chi connectivity index (χ2v) is 5.66. The molecule has 1 amide bonds. The quantitative estimate of drug-likeness (QED) is 0.271. The second-order valence-electron chi connectivity index (χ2n) is 4.47. The molecule has 124 valence electrons. The maximum absolute atomic E-state index is 11.0. The Hall–Kier alpha value is -1.53. The van der Waals surface area contributed by atoms with Gasteiger partial charge in [0.25, 0.3) is 5.91 Å². The van der Waals surface area contributed by atoms with Crippen molar-refractivity contribution in [2.75, 3.05) is 11.9 Å². The van der Waals surface area contributed by atoms with Crippen molar-refractivity contribution in [1.82, 2.24) is 9.97 Å². The number of aliphatic hydroxyl groups is 2. The third-order valence-corrected chi connectivity index (χ3v) is 3.40. The summed E-state index contributed by atoms with van der Waals surface area (Å²) in [4.78, 5) is 34.9. The standard InChI is InChI=1S/C9H15N4O8P/c10-7(16)8-11-1-4(12-8)13-9-6(21-22(17,18)19)5(15)3(2-14)20-9/h1,3,5-6,9,13-15H,2H2,(H2,10,16)(H,11,12)(H2,17,18,19)/t3-,5-,6-,9?/m1/s1. The van der Waals surface area contributed by atoms with Crippen LogP contribution in [0.2, 0.25) is 0 Å². The van der Waals surface area contributed by atoms with Gasteiger partial charge in [0.15, 0.2) is 12.1 Å². The second kappa shape index (κ2) is 6.30. The summed E-state index contributed by atoms with van der Waals surface area (Å²) in [5.41, 5.74) is 5.02. The zero-order valence-corrected chi connectivity index (χ0v) is 11.9. The number of carbonyl (C=O) groups excluding carboxylic acids is 1. The molecule has 1 fully saturated rings. The summed E-state index contributed by atoms with van der Waals surface area (Å²) in [6, 6.07) is 0. The third-order valence-electron chi connectivity index (χ3n) is 2.88. The highest BCUT2D eigenvalue weighted by atomic mass is 31.2. The number of nitrogens with one attached hydrogen (secondary N) is 2. The van der Waals surface area contributed by atoms with Gasteiger partial charge in [0.05, 0.1) is 6.61 Å². The molecular weight excluding hydrogens is 323 g/mol. The van der Waals surface area contributed by atoms with Crippen LogP contribution in [0.25, 0.3) is 0 Å². The van der Waals surface area contributed by atoms with E-state index in [1.807, 2.05) is 0 Å². The molecule has 0 aliphatic carbocycles. The Kier molecular flexibility index (Phi) is 4.82. The zero-order chi connectivity index (χ0) is 16.5. The molecule has 8 N–H and O–H groups in total. The molecule has 0 bridgehead atoms. The number of rotatable bonds is 6. The first kappa shape index (κ1) is 16.8. The fraction of sp³-hybridized carbons (Fsp3) is 0.556. The number of amides is 1. The van der Waals surface area contributed by atoms with E-state index in [-0.39, 0.29) is 11.6 Å². The van der Waals surface area contributed by atoms with Crippen molar-refractivity contribution in [3.63, 3.8) is 0 Å². The molecule has 2 heterocycles. The molecule has 0 saturated carbocycles. The number of phosphoric acid groups is 1. The molecule has 1 saturated heterocycles. The number of nitrogens with zero attached hydrogens (tertiary/aromatic N) is 1. The molecule has 1 unspecified atom stereocenters. The van der Waals surface area contributed by atoms with Crippen LogP contribution in [0.4, 0.5) is 5.82 Å². The Morgan fingerprint density at radius 3 is 2.77 bits per heavy atom. The van der Waals surface area contributed by atoms with Crippen LogP contribution >= 0.6 is 7.82 Å². The SMILES string of the molecule is NC(=O)c1nc(NC2O[C@H](CO)[C@@H](O)[C@H]2OP(=O)(O)O)c[nH]1. The summed E-state index contributed by atoms with van der Waals surface area (Å²) in [6.45, 7) is -0.590. The lowest BCUT2D eigenvalue weighted by Gasteiger charge is -2.21. The van der Waals surface area contributed by atoms with Gasteiger partial charge in [0.1, 0.15) is 24.1 Å². The maximum atomic E-state index is 11.0. The van der Waals surface area contributed by atoms with E-state index in [0.29, 0.717) is 0 Å². The van der Waals surface area contributed by atoms with Gasteiger partial charge >= 0.3 is 7.82 Å². The van der Waals surface area contributed by atoms with Gasteiger partial charge in [0.2, 0.25) is 0 Å². The lowest BCUT2D eigenvalue weighted by Crippen LogP contribution is -2.38. The van der Waals surface area contributed by atoms with Gasteiger partial charge < -0.3 is 40.8 Å². The van der Waals surface area contributed by atoms with E-state index in [4.69, 9.17) is 25.4 Å². The number of aliphatic hydroxyl groups excluding tert-OH is 2. The average Bonchev–Trinajstić information content (AvgIpc) is 2.97.